The summed E-state index contributed by atoms with van der Waals surface area (Å²) >= 11 is 14.3. The van der Waals surface area contributed by atoms with Gasteiger partial charge in [0.2, 0.25) is 5.91 Å². The normalized spacial score (nSPS) is 22.1. The third kappa shape index (κ3) is 3.86. The number of nitrogens with zero attached hydrogens (tertiary/aromatic N) is 3. The van der Waals surface area contributed by atoms with E-state index in [2.05, 4.69) is 28.0 Å². The molecule has 152 valence electrons. The molecule has 0 radical (unpaired) electrons. The number of para-hydroxylation sites is 2. The number of carbonyl (C=O) groups excluding carboxylic acids is 1. The fourth-order valence-electron chi connectivity index (χ4n) is 4.30. The second kappa shape index (κ2) is 8.03. The highest BCUT2D eigenvalue weighted by atomic mass is 35.5. The Balaban J connectivity index is 1.38. The van der Waals surface area contributed by atoms with Crippen LogP contribution in [0.1, 0.15) is 18.4 Å². The largest absolute Gasteiger partial charge is 0.365 e. The summed E-state index contributed by atoms with van der Waals surface area (Å²) in [7, 11) is 0. The van der Waals surface area contributed by atoms with E-state index in [4.69, 9.17) is 23.2 Å². The molecule has 1 saturated heterocycles. The molecule has 1 atom stereocenters. The van der Waals surface area contributed by atoms with Crippen LogP contribution in [0.5, 0.6) is 0 Å². The molecule has 2 aliphatic heterocycles. The first-order valence-electron chi connectivity index (χ1n) is 10.0. The lowest BCUT2D eigenvalue weighted by Crippen LogP contribution is -2.52. The lowest BCUT2D eigenvalue weighted by Gasteiger charge is -2.39. The summed E-state index contributed by atoms with van der Waals surface area (Å²) in [5.41, 5.74) is 3.22. The fraction of sp³-hybridized carbons (Fsp3) is 0.409. The van der Waals surface area contributed by atoms with E-state index in [1.54, 1.807) is 17.8 Å². The van der Waals surface area contributed by atoms with Gasteiger partial charge in [-0.1, -0.05) is 35.3 Å². The second-order valence-corrected chi connectivity index (χ2v) is 9.74. The zero-order chi connectivity index (χ0) is 20.0. The molecule has 1 saturated carbocycles. The highest BCUT2D eigenvalue weighted by molar-refractivity contribution is 7.99. The average molecular weight is 448 g/mol. The molecule has 2 fully saturated rings. The Hall–Kier alpha value is -1.40. The van der Waals surface area contributed by atoms with Crippen LogP contribution in [0.15, 0.2) is 42.5 Å². The summed E-state index contributed by atoms with van der Waals surface area (Å²) in [6.07, 6.45) is 2.52. The molecule has 3 aliphatic rings. The molecule has 2 aromatic carbocycles. The molecule has 0 aromatic heterocycles. The number of anilines is 2. The Kier molecular flexibility index (Phi) is 5.41. The molecule has 1 aliphatic carbocycles. The average Bonchev–Trinajstić information content (AvgIpc) is 3.48. The molecule has 0 bridgehead atoms. The SMILES string of the molecule is O=C([C@@H]1CSCN1Cc1cc(Cl)ccc1Cl)N1CCN(C2CC2)c2ccccc21. The van der Waals surface area contributed by atoms with Crippen molar-refractivity contribution in [2.24, 2.45) is 0 Å². The van der Waals surface area contributed by atoms with Crippen molar-refractivity contribution < 1.29 is 4.79 Å². The van der Waals surface area contributed by atoms with E-state index in [9.17, 15) is 4.79 Å². The van der Waals surface area contributed by atoms with E-state index in [0.29, 0.717) is 22.6 Å². The molecule has 7 heteroatoms. The van der Waals surface area contributed by atoms with Gasteiger partial charge in [-0.2, -0.15) is 0 Å². The Labute approximate surface area is 185 Å². The molecule has 4 nitrogen and oxygen atoms in total. The summed E-state index contributed by atoms with van der Waals surface area (Å²) < 4.78 is 0. The van der Waals surface area contributed by atoms with Crippen LogP contribution in [0.3, 0.4) is 0 Å². The summed E-state index contributed by atoms with van der Waals surface area (Å²) in [4.78, 5) is 20.3. The van der Waals surface area contributed by atoms with Crippen LogP contribution in [-0.2, 0) is 11.3 Å². The maximum atomic E-state index is 13.6. The van der Waals surface area contributed by atoms with Gasteiger partial charge in [0.25, 0.3) is 0 Å². The number of fused-ring (bicyclic) bond motifs is 1. The molecule has 0 N–H and O–H groups in total. The van der Waals surface area contributed by atoms with Crippen molar-refractivity contribution in [3.63, 3.8) is 0 Å². The Bertz CT molecular complexity index is 936. The molecular weight excluding hydrogens is 425 g/mol. The first-order valence-corrected chi connectivity index (χ1v) is 12.0. The third-order valence-electron chi connectivity index (χ3n) is 5.94. The van der Waals surface area contributed by atoms with Crippen molar-refractivity contribution in [3.05, 3.63) is 58.1 Å². The van der Waals surface area contributed by atoms with E-state index in [-0.39, 0.29) is 11.9 Å². The summed E-state index contributed by atoms with van der Waals surface area (Å²) in [5, 5.41) is 1.37. The number of rotatable bonds is 4. The second-order valence-electron chi connectivity index (χ2n) is 7.90. The van der Waals surface area contributed by atoms with Gasteiger partial charge in [0.1, 0.15) is 0 Å². The zero-order valence-electron chi connectivity index (χ0n) is 16.1. The predicted octanol–water partition coefficient (Wildman–Crippen LogP) is 4.88. The van der Waals surface area contributed by atoms with Gasteiger partial charge in [0, 0.05) is 47.4 Å². The number of hydrogen-bond donors (Lipinski definition) is 0. The lowest BCUT2D eigenvalue weighted by atomic mass is 10.1. The number of amides is 1. The van der Waals surface area contributed by atoms with Crippen molar-refractivity contribution in [2.75, 3.05) is 34.5 Å². The highest BCUT2D eigenvalue weighted by Crippen LogP contribution is 2.40. The van der Waals surface area contributed by atoms with Crippen LogP contribution in [0.4, 0.5) is 11.4 Å². The van der Waals surface area contributed by atoms with Crippen LogP contribution < -0.4 is 9.80 Å². The molecule has 2 aromatic rings. The van der Waals surface area contributed by atoms with Crippen LogP contribution in [0, 0.1) is 0 Å². The van der Waals surface area contributed by atoms with E-state index >= 15 is 0 Å². The van der Waals surface area contributed by atoms with Crippen LogP contribution in [0.25, 0.3) is 0 Å². The first kappa shape index (κ1) is 19.6. The summed E-state index contributed by atoms with van der Waals surface area (Å²) in [6, 6.07) is 14.4. The molecule has 1 amide bonds. The molecular formula is C22H23Cl2N3OS. The van der Waals surface area contributed by atoms with Crippen molar-refractivity contribution in [3.8, 4) is 0 Å². The van der Waals surface area contributed by atoms with E-state index in [0.717, 1.165) is 36.0 Å². The number of benzene rings is 2. The molecule has 0 unspecified atom stereocenters. The van der Waals surface area contributed by atoms with E-state index in [1.807, 2.05) is 23.1 Å². The molecule has 0 spiro atoms. The van der Waals surface area contributed by atoms with Crippen molar-refractivity contribution in [2.45, 2.75) is 31.5 Å². The minimum atomic E-state index is -0.143. The van der Waals surface area contributed by atoms with Crippen LogP contribution >= 0.6 is 35.0 Å². The molecule has 2 heterocycles. The monoisotopic (exact) mass is 447 g/mol. The Morgan fingerprint density at radius 2 is 1.86 bits per heavy atom. The van der Waals surface area contributed by atoms with Crippen molar-refractivity contribution >= 4 is 52.2 Å². The number of thioether (sulfide) groups is 1. The highest BCUT2D eigenvalue weighted by Gasteiger charge is 2.39. The van der Waals surface area contributed by atoms with Gasteiger partial charge in [-0.3, -0.25) is 9.69 Å². The van der Waals surface area contributed by atoms with Gasteiger partial charge >= 0.3 is 0 Å². The maximum Gasteiger partial charge on any atom is 0.245 e. The van der Waals surface area contributed by atoms with Gasteiger partial charge < -0.3 is 9.80 Å². The first-order chi connectivity index (χ1) is 14.1. The quantitative estimate of drug-likeness (QED) is 0.666. The number of halogens is 2. The number of carbonyl (C=O) groups is 1. The van der Waals surface area contributed by atoms with Gasteiger partial charge in [0.05, 0.1) is 17.4 Å². The van der Waals surface area contributed by atoms with Gasteiger partial charge in [-0.05, 0) is 48.7 Å². The van der Waals surface area contributed by atoms with Crippen molar-refractivity contribution in [1.82, 2.24) is 4.90 Å². The van der Waals surface area contributed by atoms with Gasteiger partial charge in [-0.25, -0.2) is 0 Å². The Morgan fingerprint density at radius 3 is 2.66 bits per heavy atom. The minimum Gasteiger partial charge on any atom is -0.365 e. The topological polar surface area (TPSA) is 26.8 Å². The molecule has 5 rings (SSSR count). The maximum absolute atomic E-state index is 13.6. The third-order valence-corrected chi connectivity index (χ3v) is 7.61. The standard InChI is InChI=1S/C22H23Cl2N3OS/c23-16-5-8-18(24)15(11-16)12-25-14-29-13-21(25)22(28)27-10-9-26(17-6-7-17)19-3-1-2-4-20(19)27/h1-5,8,11,17,21H,6-7,9-10,12-14H2/t21-/m0/s1. The Morgan fingerprint density at radius 1 is 1.07 bits per heavy atom. The van der Waals surface area contributed by atoms with Crippen LogP contribution in [0.2, 0.25) is 10.0 Å². The minimum absolute atomic E-state index is 0.143. The van der Waals surface area contributed by atoms with E-state index < -0.39 is 0 Å². The smallest absolute Gasteiger partial charge is 0.245 e. The zero-order valence-corrected chi connectivity index (χ0v) is 18.4. The fourth-order valence-corrected chi connectivity index (χ4v) is 5.86. The van der Waals surface area contributed by atoms with Gasteiger partial charge in [-0.15, -0.1) is 11.8 Å². The predicted molar refractivity (Wildman–Crippen MR) is 122 cm³/mol. The van der Waals surface area contributed by atoms with Gasteiger partial charge in [0.15, 0.2) is 0 Å². The van der Waals surface area contributed by atoms with Crippen molar-refractivity contribution in [1.29, 1.82) is 0 Å². The summed E-state index contributed by atoms with van der Waals surface area (Å²) in [6.45, 7) is 2.29. The summed E-state index contributed by atoms with van der Waals surface area (Å²) in [5.74, 6) is 1.82. The molecule has 29 heavy (non-hydrogen) atoms. The van der Waals surface area contributed by atoms with E-state index in [1.165, 1.54) is 18.5 Å². The van der Waals surface area contributed by atoms with Crippen LogP contribution in [-0.4, -0.2) is 47.6 Å². The number of hydrogen-bond acceptors (Lipinski definition) is 4. The lowest BCUT2D eigenvalue weighted by molar-refractivity contribution is -0.122.